The second-order valence-electron chi connectivity index (χ2n) is 4.17. The molecule has 0 bridgehead atoms. The van der Waals surface area contributed by atoms with Crippen molar-refractivity contribution in [2.75, 3.05) is 11.9 Å². The normalized spacial score (nSPS) is 11.5. The monoisotopic (exact) mass is 305 g/mol. The summed E-state index contributed by atoms with van der Waals surface area (Å²) in [5.41, 5.74) is 0.00844. The summed E-state index contributed by atoms with van der Waals surface area (Å²) in [7, 11) is 0. The molecule has 0 fully saturated rings. The number of anilines is 1. The van der Waals surface area contributed by atoms with E-state index in [2.05, 4.69) is 65.6 Å². The first-order valence-electron chi connectivity index (χ1n) is 4.72. The van der Waals surface area contributed by atoms with Crippen LogP contribution in [0.3, 0.4) is 0 Å². The lowest BCUT2D eigenvalue weighted by Gasteiger charge is -2.17. The van der Waals surface area contributed by atoms with Crippen LogP contribution in [0.5, 0.6) is 0 Å². The van der Waals surface area contributed by atoms with Crippen molar-refractivity contribution in [3.8, 4) is 0 Å². The molecule has 1 aromatic heterocycles. The van der Waals surface area contributed by atoms with Gasteiger partial charge in [0.15, 0.2) is 0 Å². The lowest BCUT2D eigenvalue weighted by atomic mass is 9.96. The summed E-state index contributed by atoms with van der Waals surface area (Å²) in [6.45, 7) is 9.30. The third-order valence-electron chi connectivity index (χ3n) is 1.76. The second-order valence-corrected chi connectivity index (χ2v) is 5.33. The van der Waals surface area contributed by atoms with Crippen molar-refractivity contribution in [3.05, 3.63) is 15.6 Å². The number of rotatable bonds is 2. The highest BCUT2D eigenvalue weighted by molar-refractivity contribution is 14.1. The van der Waals surface area contributed by atoms with Crippen LogP contribution >= 0.6 is 22.6 Å². The molecular formula is C10H16IN3. The summed E-state index contributed by atoms with van der Waals surface area (Å²) in [5, 5.41) is 3.23. The van der Waals surface area contributed by atoms with Gasteiger partial charge in [0.05, 0.1) is 3.57 Å². The molecule has 1 aromatic rings. The smallest absolute Gasteiger partial charge is 0.143 e. The number of halogens is 1. The summed E-state index contributed by atoms with van der Waals surface area (Å²) < 4.78 is 1.07. The van der Waals surface area contributed by atoms with Gasteiger partial charge in [-0.1, -0.05) is 20.8 Å². The highest BCUT2D eigenvalue weighted by Crippen LogP contribution is 2.21. The van der Waals surface area contributed by atoms with Gasteiger partial charge in [-0.2, -0.15) is 0 Å². The predicted molar refractivity (Wildman–Crippen MR) is 67.6 cm³/mol. The van der Waals surface area contributed by atoms with Gasteiger partial charge in [0.1, 0.15) is 11.6 Å². The van der Waals surface area contributed by atoms with E-state index in [-0.39, 0.29) is 5.41 Å². The molecule has 0 amide bonds. The average Bonchev–Trinajstić information content (AvgIpc) is 2.07. The van der Waals surface area contributed by atoms with E-state index < -0.39 is 0 Å². The molecule has 0 aliphatic rings. The van der Waals surface area contributed by atoms with Crippen LogP contribution in [0.25, 0.3) is 0 Å². The number of aromatic nitrogens is 2. The van der Waals surface area contributed by atoms with Gasteiger partial charge in [0.25, 0.3) is 0 Å². The summed E-state index contributed by atoms with van der Waals surface area (Å²) in [6, 6.07) is 0. The van der Waals surface area contributed by atoms with Gasteiger partial charge in [-0.3, -0.25) is 0 Å². The first kappa shape index (κ1) is 11.7. The topological polar surface area (TPSA) is 37.8 Å². The Morgan fingerprint density at radius 3 is 2.57 bits per heavy atom. The highest BCUT2D eigenvalue weighted by atomic mass is 127. The van der Waals surface area contributed by atoms with Crippen LogP contribution in [-0.2, 0) is 5.41 Å². The Morgan fingerprint density at radius 2 is 2.07 bits per heavy atom. The third kappa shape index (κ3) is 2.80. The zero-order valence-electron chi connectivity index (χ0n) is 9.06. The first-order valence-corrected chi connectivity index (χ1v) is 5.80. The van der Waals surface area contributed by atoms with Gasteiger partial charge in [-0.25, -0.2) is 9.97 Å². The van der Waals surface area contributed by atoms with Crippen LogP contribution in [0.2, 0.25) is 0 Å². The molecule has 0 saturated heterocycles. The van der Waals surface area contributed by atoms with E-state index in [1.165, 1.54) is 0 Å². The zero-order chi connectivity index (χ0) is 10.8. The van der Waals surface area contributed by atoms with Crippen LogP contribution in [0.4, 0.5) is 5.82 Å². The SMILES string of the molecule is CCNc1nc(C(C)(C)C)ncc1I. The van der Waals surface area contributed by atoms with Crippen LogP contribution < -0.4 is 5.32 Å². The Balaban J connectivity index is 3.06. The lowest BCUT2D eigenvalue weighted by Crippen LogP contribution is -2.17. The molecule has 0 spiro atoms. The molecular weight excluding hydrogens is 289 g/mol. The van der Waals surface area contributed by atoms with Crippen molar-refractivity contribution >= 4 is 28.4 Å². The van der Waals surface area contributed by atoms with E-state index in [4.69, 9.17) is 0 Å². The van der Waals surface area contributed by atoms with Crippen LogP contribution in [0, 0.1) is 3.57 Å². The number of hydrogen-bond donors (Lipinski definition) is 1. The fourth-order valence-corrected chi connectivity index (χ4v) is 1.47. The van der Waals surface area contributed by atoms with Crippen molar-refractivity contribution in [1.82, 2.24) is 9.97 Å². The highest BCUT2D eigenvalue weighted by Gasteiger charge is 2.18. The second kappa shape index (κ2) is 4.42. The molecule has 3 nitrogen and oxygen atoms in total. The summed E-state index contributed by atoms with van der Waals surface area (Å²) >= 11 is 2.24. The van der Waals surface area contributed by atoms with Crippen molar-refractivity contribution in [3.63, 3.8) is 0 Å². The van der Waals surface area contributed by atoms with E-state index in [9.17, 15) is 0 Å². The summed E-state index contributed by atoms with van der Waals surface area (Å²) in [5.74, 6) is 1.82. The number of nitrogens with one attached hydrogen (secondary N) is 1. The Kier molecular flexibility index (Phi) is 3.69. The zero-order valence-corrected chi connectivity index (χ0v) is 11.2. The molecule has 1 heterocycles. The molecule has 14 heavy (non-hydrogen) atoms. The molecule has 4 heteroatoms. The van der Waals surface area contributed by atoms with Crippen molar-refractivity contribution in [2.24, 2.45) is 0 Å². The van der Waals surface area contributed by atoms with Gasteiger partial charge >= 0.3 is 0 Å². The molecule has 0 unspecified atom stereocenters. The fraction of sp³-hybridized carbons (Fsp3) is 0.600. The minimum atomic E-state index is 0.00844. The molecule has 1 N–H and O–H groups in total. The average molecular weight is 305 g/mol. The van der Waals surface area contributed by atoms with Gasteiger partial charge in [0.2, 0.25) is 0 Å². The minimum Gasteiger partial charge on any atom is -0.369 e. The molecule has 1 rings (SSSR count). The maximum atomic E-state index is 4.50. The van der Waals surface area contributed by atoms with Crippen molar-refractivity contribution in [2.45, 2.75) is 33.1 Å². The van der Waals surface area contributed by atoms with Gasteiger partial charge in [-0.15, -0.1) is 0 Å². The van der Waals surface area contributed by atoms with Crippen molar-refractivity contribution in [1.29, 1.82) is 0 Å². The Hall–Kier alpha value is -0.390. The molecule has 0 atom stereocenters. The van der Waals surface area contributed by atoms with Gasteiger partial charge in [0, 0.05) is 18.2 Å². The number of hydrogen-bond acceptors (Lipinski definition) is 3. The van der Waals surface area contributed by atoms with E-state index in [1.807, 2.05) is 6.20 Å². The minimum absolute atomic E-state index is 0.00844. The quantitative estimate of drug-likeness (QED) is 0.854. The largest absolute Gasteiger partial charge is 0.369 e. The molecule has 0 saturated carbocycles. The summed E-state index contributed by atoms with van der Waals surface area (Å²) in [4.78, 5) is 8.84. The molecule has 0 aliphatic heterocycles. The predicted octanol–water partition coefficient (Wildman–Crippen LogP) is 2.81. The standard InChI is InChI=1S/C10H16IN3/c1-5-12-8-7(11)6-13-9(14-8)10(2,3)4/h6H,5H2,1-4H3,(H,12,13,14). The first-order chi connectivity index (χ1) is 6.45. The molecule has 0 aromatic carbocycles. The molecule has 0 aliphatic carbocycles. The van der Waals surface area contributed by atoms with E-state index >= 15 is 0 Å². The van der Waals surface area contributed by atoms with Crippen LogP contribution in [0.1, 0.15) is 33.5 Å². The van der Waals surface area contributed by atoms with E-state index in [0.717, 1.165) is 21.8 Å². The number of nitrogens with zero attached hydrogens (tertiary/aromatic N) is 2. The van der Waals surface area contributed by atoms with E-state index in [1.54, 1.807) is 0 Å². The van der Waals surface area contributed by atoms with Crippen LogP contribution in [0.15, 0.2) is 6.20 Å². The Labute approximate surface area is 98.9 Å². The van der Waals surface area contributed by atoms with Gasteiger partial charge in [-0.05, 0) is 29.5 Å². The summed E-state index contributed by atoms with van der Waals surface area (Å²) in [6.07, 6.45) is 1.87. The van der Waals surface area contributed by atoms with Crippen molar-refractivity contribution < 1.29 is 0 Å². The Bertz CT molecular complexity index is 318. The Morgan fingerprint density at radius 1 is 1.43 bits per heavy atom. The van der Waals surface area contributed by atoms with Gasteiger partial charge < -0.3 is 5.32 Å². The lowest BCUT2D eigenvalue weighted by molar-refractivity contribution is 0.545. The van der Waals surface area contributed by atoms with Crippen LogP contribution in [-0.4, -0.2) is 16.5 Å². The van der Waals surface area contributed by atoms with E-state index in [0.29, 0.717) is 0 Å². The molecule has 78 valence electrons. The maximum Gasteiger partial charge on any atom is 0.143 e. The third-order valence-corrected chi connectivity index (χ3v) is 2.55. The maximum absolute atomic E-state index is 4.50. The fourth-order valence-electron chi connectivity index (χ4n) is 1.02. The molecule has 0 radical (unpaired) electrons.